The Morgan fingerprint density at radius 3 is 2.06 bits per heavy atom. The first-order valence-electron chi connectivity index (χ1n) is 11.7. The van der Waals surface area contributed by atoms with Gasteiger partial charge in [-0.3, -0.25) is 0 Å². The van der Waals surface area contributed by atoms with Crippen LogP contribution in [-0.4, -0.2) is 31.1 Å². The molecule has 4 rings (SSSR count). The van der Waals surface area contributed by atoms with Gasteiger partial charge in [0.15, 0.2) is 0 Å². The van der Waals surface area contributed by atoms with Crippen LogP contribution in [0.5, 0.6) is 5.75 Å². The number of benzene rings is 3. The number of ether oxygens (including phenoxy) is 1. The Morgan fingerprint density at radius 2 is 1.44 bits per heavy atom. The first-order valence-corrected chi connectivity index (χ1v) is 12.8. The second-order valence-corrected chi connectivity index (χ2v) is 9.60. The van der Waals surface area contributed by atoms with Crippen LogP contribution in [0.15, 0.2) is 78.9 Å². The van der Waals surface area contributed by atoms with Gasteiger partial charge in [0.2, 0.25) is 0 Å². The summed E-state index contributed by atoms with van der Waals surface area (Å²) in [4.78, 5) is 2.54. The maximum atomic E-state index is 6.05. The average molecular weight is 537 g/mol. The largest absolute Gasteiger partial charge is 0.494 e. The summed E-state index contributed by atoms with van der Waals surface area (Å²) in [7, 11) is 0. The summed E-state index contributed by atoms with van der Waals surface area (Å²) in [5, 5.41) is 0. The second kappa shape index (κ2) is 11.7. The zero-order valence-corrected chi connectivity index (χ0v) is 21.1. The third-order valence-corrected chi connectivity index (χ3v) is 6.86. The summed E-state index contributed by atoms with van der Waals surface area (Å²) in [6, 6.07) is 28.2. The van der Waals surface area contributed by atoms with Gasteiger partial charge in [0.25, 0.3) is 0 Å². The highest BCUT2D eigenvalue weighted by Gasteiger charge is 2.14. The van der Waals surface area contributed by atoms with Crippen molar-refractivity contribution in [3.05, 3.63) is 99.1 Å². The number of likely N-dealkylation sites (tertiary alicyclic amines) is 1. The van der Waals surface area contributed by atoms with E-state index in [0.29, 0.717) is 0 Å². The Morgan fingerprint density at radius 1 is 0.812 bits per heavy atom. The standard InChI is InChI=1S/C29H32INO/c1-2-28(23-9-4-3-5-10-23)29(24-11-15-26(30)16-12-24)25-13-17-27(18-14-25)32-22-8-21-31-19-6-7-20-31/h3-5,9-18H,2,6-8,19-22H2,1H3/b29-28-. The van der Waals surface area contributed by atoms with E-state index in [1.54, 1.807) is 0 Å². The highest BCUT2D eigenvalue weighted by Crippen LogP contribution is 2.35. The molecular formula is C29H32INO. The molecule has 166 valence electrons. The summed E-state index contributed by atoms with van der Waals surface area (Å²) >= 11 is 2.37. The molecule has 3 aromatic rings. The van der Waals surface area contributed by atoms with Gasteiger partial charge >= 0.3 is 0 Å². The van der Waals surface area contributed by atoms with Gasteiger partial charge in [0.1, 0.15) is 5.75 Å². The van der Waals surface area contributed by atoms with Crippen LogP contribution in [0, 0.1) is 3.57 Å². The van der Waals surface area contributed by atoms with Crippen LogP contribution < -0.4 is 4.74 Å². The Kier molecular flexibility index (Phi) is 8.41. The quantitative estimate of drug-likeness (QED) is 0.159. The molecule has 1 heterocycles. The number of allylic oxidation sites excluding steroid dienone is 1. The Labute approximate surface area is 206 Å². The molecule has 0 spiro atoms. The van der Waals surface area contributed by atoms with E-state index in [1.807, 2.05) is 0 Å². The van der Waals surface area contributed by atoms with E-state index in [4.69, 9.17) is 4.74 Å². The minimum absolute atomic E-state index is 0.778. The molecule has 0 N–H and O–H groups in total. The molecular weight excluding hydrogens is 505 g/mol. The normalized spacial score (nSPS) is 14.9. The summed E-state index contributed by atoms with van der Waals surface area (Å²) in [5.41, 5.74) is 6.44. The molecule has 0 unspecified atom stereocenters. The molecule has 0 aromatic heterocycles. The number of rotatable bonds is 9. The van der Waals surface area contributed by atoms with Gasteiger partial charge in [-0.2, -0.15) is 0 Å². The van der Waals surface area contributed by atoms with Crippen molar-refractivity contribution in [1.82, 2.24) is 4.90 Å². The lowest BCUT2D eigenvalue weighted by Gasteiger charge is -2.17. The molecule has 1 aliphatic rings. The fourth-order valence-corrected chi connectivity index (χ4v) is 4.86. The number of hydrogen-bond donors (Lipinski definition) is 0. The molecule has 0 aliphatic carbocycles. The first-order chi connectivity index (χ1) is 15.7. The number of hydrogen-bond acceptors (Lipinski definition) is 2. The minimum atomic E-state index is 0.778. The molecule has 0 bridgehead atoms. The fraction of sp³-hybridized carbons (Fsp3) is 0.310. The van der Waals surface area contributed by atoms with Crippen LogP contribution in [-0.2, 0) is 0 Å². The van der Waals surface area contributed by atoms with Crippen LogP contribution in [0.1, 0.15) is 49.3 Å². The van der Waals surface area contributed by atoms with Crippen LogP contribution in [0.2, 0.25) is 0 Å². The average Bonchev–Trinajstić information content (AvgIpc) is 3.36. The topological polar surface area (TPSA) is 12.5 Å². The van der Waals surface area contributed by atoms with Crippen molar-refractivity contribution in [3.63, 3.8) is 0 Å². The van der Waals surface area contributed by atoms with E-state index < -0.39 is 0 Å². The summed E-state index contributed by atoms with van der Waals surface area (Å²) in [5.74, 6) is 0.954. The van der Waals surface area contributed by atoms with E-state index in [2.05, 4.69) is 113 Å². The van der Waals surface area contributed by atoms with Crippen LogP contribution in [0.3, 0.4) is 0 Å². The molecule has 3 heteroatoms. The predicted octanol–water partition coefficient (Wildman–Crippen LogP) is 7.53. The van der Waals surface area contributed by atoms with Crippen molar-refractivity contribution >= 4 is 33.7 Å². The van der Waals surface area contributed by atoms with E-state index in [9.17, 15) is 0 Å². The third-order valence-electron chi connectivity index (χ3n) is 6.14. The lowest BCUT2D eigenvalue weighted by Crippen LogP contribution is -2.21. The Bertz CT molecular complexity index is 1000. The molecule has 32 heavy (non-hydrogen) atoms. The van der Waals surface area contributed by atoms with E-state index in [1.165, 1.54) is 57.3 Å². The van der Waals surface area contributed by atoms with Gasteiger partial charge in [0, 0.05) is 10.1 Å². The van der Waals surface area contributed by atoms with Gasteiger partial charge < -0.3 is 9.64 Å². The van der Waals surface area contributed by atoms with Crippen LogP contribution in [0.4, 0.5) is 0 Å². The van der Waals surface area contributed by atoms with Crippen molar-refractivity contribution in [2.45, 2.75) is 32.6 Å². The molecule has 0 saturated carbocycles. The van der Waals surface area contributed by atoms with Crippen LogP contribution >= 0.6 is 22.6 Å². The van der Waals surface area contributed by atoms with Crippen molar-refractivity contribution in [2.24, 2.45) is 0 Å². The van der Waals surface area contributed by atoms with Crippen molar-refractivity contribution in [2.75, 3.05) is 26.2 Å². The van der Waals surface area contributed by atoms with Gasteiger partial charge in [-0.15, -0.1) is 0 Å². The van der Waals surface area contributed by atoms with E-state index in [0.717, 1.165) is 31.7 Å². The van der Waals surface area contributed by atoms with E-state index >= 15 is 0 Å². The molecule has 0 radical (unpaired) electrons. The first kappa shape index (κ1) is 23.1. The molecule has 1 saturated heterocycles. The second-order valence-electron chi connectivity index (χ2n) is 8.36. The van der Waals surface area contributed by atoms with Crippen LogP contribution in [0.25, 0.3) is 11.1 Å². The zero-order valence-electron chi connectivity index (χ0n) is 18.9. The minimum Gasteiger partial charge on any atom is -0.494 e. The van der Waals surface area contributed by atoms with Crippen molar-refractivity contribution in [3.8, 4) is 5.75 Å². The van der Waals surface area contributed by atoms with E-state index in [-0.39, 0.29) is 0 Å². The molecule has 1 aliphatic heterocycles. The molecule has 0 amide bonds. The summed E-state index contributed by atoms with van der Waals surface area (Å²) in [6.07, 6.45) is 4.76. The predicted molar refractivity (Wildman–Crippen MR) is 144 cm³/mol. The monoisotopic (exact) mass is 537 g/mol. The lowest BCUT2D eigenvalue weighted by molar-refractivity contribution is 0.263. The maximum Gasteiger partial charge on any atom is 0.119 e. The Balaban J connectivity index is 1.56. The zero-order chi connectivity index (χ0) is 22.2. The third kappa shape index (κ3) is 6.02. The molecule has 2 nitrogen and oxygen atoms in total. The highest BCUT2D eigenvalue weighted by atomic mass is 127. The molecule has 3 aromatic carbocycles. The Hall–Kier alpha value is -2.11. The molecule has 1 fully saturated rings. The van der Waals surface area contributed by atoms with Gasteiger partial charge in [0.05, 0.1) is 6.61 Å². The van der Waals surface area contributed by atoms with Gasteiger partial charge in [-0.1, -0.05) is 61.5 Å². The number of halogens is 1. The highest BCUT2D eigenvalue weighted by molar-refractivity contribution is 14.1. The summed E-state index contributed by atoms with van der Waals surface area (Å²) < 4.78 is 7.30. The van der Waals surface area contributed by atoms with Crippen molar-refractivity contribution in [1.29, 1.82) is 0 Å². The van der Waals surface area contributed by atoms with Gasteiger partial charge in [-0.25, -0.2) is 0 Å². The smallest absolute Gasteiger partial charge is 0.119 e. The fourth-order valence-electron chi connectivity index (χ4n) is 4.50. The lowest BCUT2D eigenvalue weighted by atomic mass is 9.88. The van der Waals surface area contributed by atoms with Crippen molar-refractivity contribution < 1.29 is 4.74 Å². The maximum absolute atomic E-state index is 6.05. The SMILES string of the molecule is CC/C(=C(\c1ccc(I)cc1)c1ccc(OCCCN2CCCC2)cc1)c1ccccc1. The summed E-state index contributed by atoms with van der Waals surface area (Å²) in [6.45, 7) is 6.68. The number of nitrogens with zero attached hydrogens (tertiary/aromatic N) is 1. The van der Waals surface area contributed by atoms with Gasteiger partial charge in [-0.05, 0) is 113 Å². The molecule has 0 atom stereocenters.